The fourth-order valence-electron chi connectivity index (χ4n) is 3.07. The Bertz CT molecular complexity index is 492. The van der Waals surface area contributed by atoms with Crippen molar-refractivity contribution in [3.63, 3.8) is 0 Å². The molecule has 1 aromatic carbocycles. The van der Waals surface area contributed by atoms with Crippen LogP contribution in [0.5, 0.6) is 0 Å². The number of hydrogen-bond donors (Lipinski definition) is 1. The van der Waals surface area contributed by atoms with Crippen molar-refractivity contribution in [1.82, 2.24) is 4.90 Å². The minimum Gasteiger partial charge on any atom is -0.372 e. The van der Waals surface area contributed by atoms with Gasteiger partial charge in [-0.3, -0.25) is 4.90 Å². The summed E-state index contributed by atoms with van der Waals surface area (Å²) in [7, 11) is 2.07. The van der Waals surface area contributed by atoms with E-state index in [4.69, 9.17) is 5.73 Å². The first-order valence-corrected chi connectivity index (χ1v) is 7.37. The molecule has 1 saturated heterocycles. The molecule has 0 amide bonds. The van der Waals surface area contributed by atoms with Crippen molar-refractivity contribution in [3.8, 4) is 6.07 Å². The molecule has 1 unspecified atom stereocenters. The van der Waals surface area contributed by atoms with Crippen LogP contribution in [0.1, 0.15) is 30.9 Å². The van der Waals surface area contributed by atoms with Gasteiger partial charge >= 0.3 is 0 Å². The number of rotatable bonds is 5. The number of nitriles is 1. The second kappa shape index (κ2) is 6.74. The molecule has 1 atom stereocenters. The molecule has 1 heterocycles. The van der Waals surface area contributed by atoms with Gasteiger partial charge in [-0.2, -0.15) is 5.26 Å². The first kappa shape index (κ1) is 14.8. The van der Waals surface area contributed by atoms with Gasteiger partial charge in [-0.25, -0.2) is 0 Å². The fourth-order valence-corrected chi connectivity index (χ4v) is 3.07. The molecule has 1 fully saturated rings. The summed E-state index contributed by atoms with van der Waals surface area (Å²) in [5.41, 5.74) is 8.37. The molecule has 4 nitrogen and oxygen atoms in total. The Hall–Kier alpha value is -1.57. The van der Waals surface area contributed by atoms with Gasteiger partial charge in [-0.15, -0.1) is 0 Å². The lowest BCUT2D eigenvalue weighted by atomic mass is 10.1. The second-order valence-corrected chi connectivity index (χ2v) is 5.47. The standard InChI is InChI=1S/C16H24N4/c1-3-20-8-4-5-15(20)12-19(2)16-7-6-13(10-17)9-14(16)11-18/h6-7,9,15H,3-5,8,10,12,17H2,1-2H3. The van der Waals surface area contributed by atoms with Crippen LogP contribution in [0.25, 0.3) is 0 Å². The van der Waals surface area contributed by atoms with Gasteiger partial charge in [-0.1, -0.05) is 13.0 Å². The molecule has 0 aliphatic carbocycles. The number of nitrogens with zero attached hydrogens (tertiary/aromatic N) is 3. The van der Waals surface area contributed by atoms with E-state index in [1.165, 1.54) is 19.4 Å². The molecule has 0 bridgehead atoms. The lowest BCUT2D eigenvalue weighted by Crippen LogP contribution is -2.39. The third-order valence-corrected chi connectivity index (χ3v) is 4.22. The summed E-state index contributed by atoms with van der Waals surface area (Å²) >= 11 is 0. The Labute approximate surface area is 121 Å². The van der Waals surface area contributed by atoms with Crippen LogP contribution in [0.15, 0.2) is 18.2 Å². The molecular weight excluding hydrogens is 248 g/mol. The molecule has 108 valence electrons. The van der Waals surface area contributed by atoms with Gasteiger partial charge in [0.1, 0.15) is 6.07 Å². The van der Waals surface area contributed by atoms with Gasteiger partial charge in [0.25, 0.3) is 0 Å². The van der Waals surface area contributed by atoms with E-state index in [1.54, 1.807) is 0 Å². The summed E-state index contributed by atoms with van der Waals surface area (Å²) < 4.78 is 0. The minimum absolute atomic E-state index is 0.477. The fraction of sp³-hybridized carbons (Fsp3) is 0.562. The molecule has 1 aromatic rings. The van der Waals surface area contributed by atoms with Gasteiger partial charge in [0.15, 0.2) is 0 Å². The zero-order valence-electron chi connectivity index (χ0n) is 12.5. The highest BCUT2D eigenvalue weighted by atomic mass is 15.2. The number of anilines is 1. The van der Waals surface area contributed by atoms with Crippen LogP contribution in [-0.2, 0) is 6.54 Å². The molecule has 2 rings (SSSR count). The lowest BCUT2D eigenvalue weighted by Gasteiger charge is -2.29. The topological polar surface area (TPSA) is 56.3 Å². The highest BCUT2D eigenvalue weighted by Gasteiger charge is 2.24. The quantitative estimate of drug-likeness (QED) is 0.890. The van der Waals surface area contributed by atoms with Gasteiger partial charge in [0, 0.05) is 26.2 Å². The first-order chi connectivity index (χ1) is 9.69. The molecule has 1 aliphatic heterocycles. The normalized spacial score (nSPS) is 19.0. The summed E-state index contributed by atoms with van der Waals surface area (Å²) in [6, 6.07) is 8.83. The van der Waals surface area contributed by atoms with Crippen molar-refractivity contribution in [2.24, 2.45) is 5.73 Å². The number of nitrogens with two attached hydrogens (primary N) is 1. The molecule has 0 saturated carbocycles. The second-order valence-electron chi connectivity index (χ2n) is 5.47. The summed E-state index contributed by atoms with van der Waals surface area (Å²) in [5, 5.41) is 9.32. The van der Waals surface area contributed by atoms with E-state index in [-0.39, 0.29) is 0 Å². The van der Waals surface area contributed by atoms with E-state index >= 15 is 0 Å². The molecule has 0 radical (unpaired) electrons. The summed E-state index contributed by atoms with van der Waals surface area (Å²) in [5.74, 6) is 0. The molecule has 0 aromatic heterocycles. The van der Waals surface area contributed by atoms with Crippen molar-refractivity contribution in [2.45, 2.75) is 32.4 Å². The maximum Gasteiger partial charge on any atom is 0.101 e. The Morgan fingerprint density at radius 1 is 1.50 bits per heavy atom. The highest BCUT2D eigenvalue weighted by molar-refractivity contribution is 5.60. The van der Waals surface area contributed by atoms with Crippen molar-refractivity contribution in [3.05, 3.63) is 29.3 Å². The Morgan fingerprint density at radius 3 is 2.95 bits per heavy atom. The Kier molecular flexibility index (Phi) is 4.99. The van der Waals surface area contributed by atoms with E-state index in [9.17, 15) is 5.26 Å². The van der Waals surface area contributed by atoms with Crippen LogP contribution in [0.2, 0.25) is 0 Å². The van der Waals surface area contributed by atoms with E-state index in [1.807, 2.05) is 18.2 Å². The molecule has 4 heteroatoms. The van der Waals surface area contributed by atoms with E-state index in [0.29, 0.717) is 12.6 Å². The average Bonchev–Trinajstić information content (AvgIpc) is 2.93. The van der Waals surface area contributed by atoms with Gasteiger partial charge in [-0.05, 0) is 43.6 Å². The maximum atomic E-state index is 9.32. The van der Waals surface area contributed by atoms with Crippen molar-refractivity contribution < 1.29 is 0 Å². The van der Waals surface area contributed by atoms with E-state index < -0.39 is 0 Å². The SMILES string of the molecule is CCN1CCCC1CN(C)c1ccc(CN)cc1C#N. The van der Waals surface area contributed by atoms with Crippen LogP contribution >= 0.6 is 0 Å². The molecule has 2 N–H and O–H groups in total. The highest BCUT2D eigenvalue weighted by Crippen LogP contribution is 2.24. The largest absolute Gasteiger partial charge is 0.372 e. The lowest BCUT2D eigenvalue weighted by molar-refractivity contribution is 0.270. The number of likely N-dealkylation sites (N-methyl/N-ethyl adjacent to an activating group) is 2. The first-order valence-electron chi connectivity index (χ1n) is 7.37. The number of likely N-dealkylation sites (tertiary alicyclic amines) is 1. The Morgan fingerprint density at radius 2 is 2.30 bits per heavy atom. The number of benzene rings is 1. The minimum atomic E-state index is 0.477. The van der Waals surface area contributed by atoms with Crippen molar-refractivity contribution in [1.29, 1.82) is 5.26 Å². The molecule has 1 aliphatic rings. The van der Waals surface area contributed by atoms with Crippen molar-refractivity contribution >= 4 is 5.69 Å². The van der Waals surface area contributed by atoms with Gasteiger partial charge in [0.05, 0.1) is 11.3 Å². The van der Waals surface area contributed by atoms with Gasteiger partial charge in [0.2, 0.25) is 0 Å². The predicted molar refractivity (Wildman–Crippen MR) is 82.6 cm³/mol. The van der Waals surface area contributed by atoms with E-state index in [0.717, 1.165) is 29.9 Å². The van der Waals surface area contributed by atoms with Gasteiger partial charge < -0.3 is 10.6 Å². The van der Waals surface area contributed by atoms with Crippen molar-refractivity contribution in [2.75, 3.05) is 31.6 Å². The summed E-state index contributed by atoms with van der Waals surface area (Å²) in [6.07, 6.45) is 2.53. The zero-order chi connectivity index (χ0) is 14.5. The van der Waals surface area contributed by atoms with Crippen LogP contribution in [0.4, 0.5) is 5.69 Å². The van der Waals surface area contributed by atoms with Crippen LogP contribution in [0, 0.1) is 11.3 Å². The van der Waals surface area contributed by atoms with Crippen LogP contribution in [-0.4, -0.2) is 37.6 Å². The molecule has 20 heavy (non-hydrogen) atoms. The third kappa shape index (κ3) is 3.12. The smallest absolute Gasteiger partial charge is 0.101 e. The third-order valence-electron chi connectivity index (χ3n) is 4.22. The molecule has 0 spiro atoms. The van der Waals surface area contributed by atoms with E-state index in [2.05, 4.69) is 29.8 Å². The Balaban J connectivity index is 2.13. The zero-order valence-corrected chi connectivity index (χ0v) is 12.5. The van der Waals surface area contributed by atoms with Crippen LogP contribution < -0.4 is 10.6 Å². The monoisotopic (exact) mass is 272 g/mol. The summed E-state index contributed by atoms with van der Waals surface area (Å²) in [4.78, 5) is 4.73. The molecular formula is C16H24N4. The van der Waals surface area contributed by atoms with Crippen LogP contribution in [0.3, 0.4) is 0 Å². The predicted octanol–water partition coefficient (Wildman–Crippen LogP) is 1.94. The average molecular weight is 272 g/mol. The maximum absolute atomic E-state index is 9.32. The number of hydrogen-bond acceptors (Lipinski definition) is 4. The summed E-state index contributed by atoms with van der Waals surface area (Å²) in [6.45, 7) is 5.98.